The number of rotatable bonds is 2. The molecule has 0 aliphatic carbocycles. The summed E-state index contributed by atoms with van der Waals surface area (Å²) in [6.45, 7) is 4.10. The van der Waals surface area contributed by atoms with Gasteiger partial charge >= 0.3 is 0 Å². The van der Waals surface area contributed by atoms with Crippen molar-refractivity contribution in [2.75, 3.05) is 12.3 Å². The molecule has 2 aliphatic heterocycles. The van der Waals surface area contributed by atoms with Crippen molar-refractivity contribution in [3.63, 3.8) is 0 Å². The van der Waals surface area contributed by atoms with Gasteiger partial charge in [0.25, 0.3) is 0 Å². The summed E-state index contributed by atoms with van der Waals surface area (Å²) in [5, 5.41) is 0. The Morgan fingerprint density at radius 3 is 2.77 bits per heavy atom. The van der Waals surface area contributed by atoms with Crippen LogP contribution in [0, 0.1) is 0 Å². The molecule has 1 unspecified atom stereocenters. The number of fused-ring (bicyclic) bond motifs is 2. The maximum Gasteiger partial charge on any atom is 0.167 e. The summed E-state index contributed by atoms with van der Waals surface area (Å²) < 4.78 is 19.7. The number of hydrogen-bond acceptors (Lipinski definition) is 8. The van der Waals surface area contributed by atoms with Crippen LogP contribution in [0.1, 0.15) is 20.1 Å². The average Bonchev–Trinajstić information content (AvgIpc) is 3.10. The average molecular weight is 306 g/mol. The zero-order valence-corrected chi connectivity index (χ0v) is 12.3. The quantitative estimate of drug-likeness (QED) is 0.781. The first-order valence-corrected chi connectivity index (χ1v) is 7.14. The predicted octanol–water partition coefficient (Wildman–Crippen LogP) is -0.215. The van der Waals surface area contributed by atoms with Crippen molar-refractivity contribution in [1.29, 1.82) is 0 Å². The van der Waals surface area contributed by atoms with Crippen molar-refractivity contribution in [3.05, 3.63) is 12.7 Å². The zero-order valence-electron chi connectivity index (χ0n) is 12.3. The van der Waals surface area contributed by atoms with Crippen LogP contribution in [0.25, 0.3) is 11.2 Å². The number of anilines is 1. The summed E-state index contributed by atoms with van der Waals surface area (Å²) in [6.07, 6.45) is 1.87. The second-order valence-electron chi connectivity index (χ2n) is 5.95. The lowest BCUT2D eigenvalue weighted by atomic mass is 10.1. The molecule has 4 rings (SSSR count). The minimum absolute atomic E-state index is 0.221. The fourth-order valence-electron chi connectivity index (χ4n) is 3.13. The summed E-state index contributed by atoms with van der Waals surface area (Å²) >= 11 is 0. The lowest BCUT2D eigenvalue weighted by molar-refractivity contribution is -0.195. The van der Waals surface area contributed by atoms with E-state index in [-0.39, 0.29) is 18.3 Å². The Balaban J connectivity index is 1.77. The lowest BCUT2D eigenvalue weighted by Crippen LogP contribution is -2.34. The molecule has 2 aliphatic rings. The van der Waals surface area contributed by atoms with Gasteiger partial charge in [-0.1, -0.05) is 0 Å². The van der Waals surface area contributed by atoms with Gasteiger partial charge in [-0.2, -0.15) is 0 Å². The van der Waals surface area contributed by atoms with E-state index in [4.69, 9.17) is 25.7 Å². The van der Waals surface area contributed by atoms with Gasteiger partial charge in [0, 0.05) is 6.54 Å². The molecule has 9 heteroatoms. The summed E-state index contributed by atoms with van der Waals surface area (Å²) in [5.74, 6) is -0.340. The Morgan fingerprint density at radius 2 is 2.00 bits per heavy atom. The van der Waals surface area contributed by atoms with Crippen molar-refractivity contribution >= 4 is 17.0 Å². The largest absolute Gasteiger partial charge is 0.382 e. The number of nitrogen functional groups attached to an aromatic ring is 1. The van der Waals surface area contributed by atoms with E-state index in [0.29, 0.717) is 23.5 Å². The van der Waals surface area contributed by atoms with Gasteiger partial charge < -0.3 is 25.7 Å². The van der Waals surface area contributed by atoms with Gasteiger partial charge in [-0.3, -0.25) is 4.57 Å². The van der Waals surface area contributed by atoms with Crippen molar-refractivity contribution in [1.82, 2.24) is 19.5 Å². The first kappa shape index (κ1) is 13.8. The number of nitrogens with two attached hydrogens (primary N) is 2. The number of aromatic nitrogens is 4. The number of nitrogens with zero attached hydrogens (tertiary/aromatic N) is 4. The molecule has 2 aromatic heterocycles. The molecule has 2 aromatic rings. The predicted molar refractivity (Wildman–Crippen MR) is 76.5 cm³/mol. The molecule has 22 heavy (non-hydrogen) atoms. The Bertz CT molecular complexity index is 717. The molecule has 2 saturated heterocycles. The molecule has 9 nitrogen and oxygen atoms in total. The van der Waals surface area contributed by atoms with Crippen molar-refractivity contribution in [2.24, 2.45) is 5.73 Å². The fraction of sp³-hybridized carbons (Fsp3) is 0.615. The highest BCUT2D eigenvalue weighted by Gasteiger charge is 2.55. The van der Waals surface area contributed by atoms with Crippen molar-refractivity contribution in [3.8, 4) is 0 Å². The van der Waals surface area contributed by atoms with Crippen LogP contribution in [0.5, 0.6) is 0 Å². The normalized spacial score (nSPS) is 33.4. The van der Waals surface area contributed by atoms with Crippen LogP contribution in [0.2, 0.25) is 0 Å². The highest BCUT2D eigenvalue weighted by Crippen LogP contribution is 2.43. The molecule has 0 saturated carbocycles. The van der Waals surface area contributed by atoms with E-state index in [2.05, 4.69) is 15.0 Å². The molecule has 4 N–H and O–H groups in total. The van der Waals surface area contributed by atoms with Crippen LogP contribution in [0.4, 0.5) is 5.82 Å². The van der Waals surface area contributed by atoms with E-state index >= 15 is 0 Å². The van der Waals surface area contributed by atoms with Gasteiger partial charge in [-0.25, -0.2) is 15.0 Å². The molecule has 0 bridgehead atoms. The Hall–Kier alpha value is -1.81. The maximum absolute atomic E-state index is 6.01. The van der Waals surface area contributed by atoms with E-state index in [1.807, 2.05) is 13.8 Å². The van der Waals surface area contributed by atoms with Crippen molar-refractivity contribution in [2.45, 2.75) is 44.2 Å². The first-order chi connectivity index (χ1) is 10.5. The SMILES string of the molecule is CC1(C)O[C@@H]2[C@H](O1)C(CN)O[C@H]2n1cnc2c(N)ncnc21. The van der Waals surface area contributed by atoms with E-state index < -0.39 is 12.0 Å². The van der Waals surface area contributed by atoms with Crippen LogP contribution >= 0.6 is 0 Å². The summed E-state index contributed by atoms with van der Waals surface area (Å²) in [7, 11) is 0. The van der Waals surface area contributed by atoms with Gasteiger partial charge in [-0.15, -0.1) is 0 Å². The third-order valence-corrected chi connectivity index (χ3v) is 4.02. The molecule has 4 atom stereocenters. The molecule has 0 aromatic carbocycles. The van der Waals surface area contributed by atoms with Gasteiger partial charge in [0.1, 0.15) is 30.2 Å². The van der Waals surface area contributed by atoms with E-state index in [9.17, 15) is 0 Å². The molecular weight excluding hydrogens is 288 g/mol. The molecule has 0 spiro atoms. The van der Waals surface area contributed by atoms with Crippen LogP contribution in [0.3, 0.4) is 0 Å². The number of imidazole rings is 1. The molecule has 118 valence electrons. The fourth-order valence-corrected chi connectivity index (χ4v) is 3.13. The van der Waals surface area contributed by atoms with Crippen LogP contribution in [-0.2, 0) is 14.2 Å². The van der Waals surface area contributed by atoms with Gasteiger partial charge in [0.2, 0.25) is 0 Å². The highest BCUT2D eigenvalue weighted by atomic mass is 16.8. The Kier molecular flexibility index (Phi) is 2.89. The second kappa shape index (κ2) is 4.59. The minimum atomic E-state index is -0.671. The summed E-state index contributed by atoms with van der Waals surface area (Å²) in [6, 6.07) is 0. The highest BCUT2D eigenvalue weighted by molar-refractivity contribution is 5.81. The standard InChI is InChI=1S/C13H18N6O3/c1-13(2)21-8-6(3-14)20-12(9(8)22-13)19-5-18-7-10(15)16-4-17-11(7)19/h4-6,8-9,12H,3,14H2,1-2H3,(H2,15,16,17)/t6?,8-,9-,12-/m1/s1. The zero-order chi connectivity index (χ0) is 15.5. The van der Waals surface area contributed by atoms with E-state index in [1.54, 1.807) is 10.9 Å². The molecule has 4 heterocycles. The van der Waals surface area contributed by atoms with Crippen LogP contribution in [-0.4, -0.2) is 50.2 Å². The minimum Gasteiger partial charge on any atom is -0.382 e. The molecule has 0 amide bonds. The first-order valence-electron chi connectivity index (χ1n) is 7.14. The molecule has 0 radical (unpaired) electrons. The molecule has 2 fully saturated rings. The third-order valence-electron chi connectivity index (χ3n) is 4.02. The second-order valence-corrected chi connectivity index (χ2v) is 5.95. The number of ether oxygens (including phenoxy) is 3. The van der Waals surface area contributed by atoms with E-state index in [0.717, 1.165) is 0 Å². The maximum atomic E-state index is 6.01. The van der Waals surface area contributed by atoms with Crippen molar-refractivity contribution < 1.29 is 14.2 Å². The summed E-state index contributed by atoms with van der Waals surface area (Å²) in [4.78, 5) is 12.5. The third kappa shape index (κ3) is 1.90. The lowest BCUT2D eigenvalue weighted by Gasteiger charge is -2.24. The van der Waals surface area contributed by atoms with Gasteiger partial charge in [-0.05, 0) is 13.8 Å². The molecular formula is C13H18N6O3. The Morgan fingerprint density at radius 1 is 1.23 bits per heavy atom. The number of hydrogen-bond donors (Lipinski definition) is 2. The summed E-state index contributed by atoms with van der Waals surface area (Å²) in [5.41, 5.74) is 12.8. The van der Waals surface area contributed by atoms with Gasteiger partial charge in [0.15, 0.2) is 23.5 Å². The van der Waals surface area contributed by atoms with Gasteiger partial charge in [0.05, 0.1) is 6.33 Å². The van der Waals surface area contributed by atoms with Crippen LogP contribution in [0.15, 0.2) is 12.7 Å². The van der Waals surface area contributed by atoms with Crippen LogP contribution < -0.4 is 11.5 Å². The van der Waals surface area contributed by atoms with E-state index in [1.165, 1.54) is 6.33 Å². The smallest absolute Gasteiger partial charge is 0.167 e. The topological polar surface area (TPSA) is 123 Å². The Labute approximate surface area is 126 Å². The monoisotopic (exact) mass is 306 g/mol.